The zero-order chi connectivity index (χ0) is 22.6. The first-order chi connectivity index (χ1) is 14.7. The van der Waals surface area contributed by atoms with Crippen molar-refractivity contribution in [3.8, 4) is 0 Å². The van der Waals surface area contributed by atoms with Crippen LogP contribution in [0.2, 0.25) is 0 Å². The number of amides is 1. The number of aryl methyl sites for hydroxylation is 2. The first-order valence-electron chi connectivity index (χ1n) is 10.3. The van der Waals surface area contributed by atoms with E-state index in [1.54, 1.807) is 0 Å². The van der Waals surface area contributed by atoms with Crippen molar-refractivity contribution in [2.24, 2.45) is 0 Å². The third-order valence-electron chi connectivity index (χ3n) is 5.53. The van der Waals surface area contributed by atoms with Crippen molar-refractivity contribution in [2.45, 2.75) is 45.1 Å². The van der Waals surface area contributed by atoms with Crippen LogP contribution in [0.5, 0.6) is 0 Å². The second-order valence-electron chi connectivity index (χ2n) is 7.81. The van der Waals surface area contributed by atoms with Gasteiger partial charge in [0.15, 0.2) is 0 Å². The SMILES string of the molecule is CC[C@@H](NC(=O)CN(c1cccc([N+](=O)[O-])c1)S(C)(=O)=O)c1ccc2c(c1)CCCC2. The molecule has 1 atom stereocenters. The third kappa shape index (κ3) is 5.61. The molecule has 2 aromatic rings. The molecule has 0 saturated heterocycles. The van der Waals surface area contributed by atoms with E-state index < -0.39 is 27.4 Å². The standard InChI is InChI=1S/C22H27N3O5S/c1-3-21(18-12-11-16-7-4-5-8-17(16)13-18)23-22(26)15-24(31(2,29)30)19-9-6-10-20(14-19)25(27)28/h6,9-14,21H,3-5,7-8,15H2,1-2H3,(H,23,26)/t21-/m1/s1. The van der Waals surface area contributed by atoms with Crippen LogP contribution in [-0.4, -0.2) is 32.0 Å². The Labute approximate surface area is 182 Å². The molecule has 0 heterocycles. The van der Waals surface area contributed by atoms with Crippen LogP contribution in [0, 0.1) is 10.1 Å². The van der Waals surface area contributed by atoms with Crippen molar-refractivity contribution in [3.05, 3.63) is 69.3 Å². The summed E-state index contributed by atoms with van der Waals surface area (Å²) in [6.45, 7) is 1.50. The average Bonchev–Trinajstić information content (AvgIpc) is 2.74. The summed E-state index contributed by atoms with van der Waals surface area (Å²) in [5.74, 6) is -0.471. The number of non-ortho nitro benzene ring substituents is 1. The fraction of sp³-hybridized carbons (Fsp3) is 0.409. The zero-order valence-corrected chi connectivity index (χ0v) is 18.5. The highest BCUT2D eigenvalue weighted by molar-refractivity contribution is 7.92. The summed E-state index contributed by atoms with van der Waals surface area (Å²) in [6, 6.07) is 11.3. The summed E-state index contributed by atoms with van der Waals surface area (Å²) in [4.78, 5) is 23.2. The number of benzene rings is 2. The van der Waals surface area contributed by atoms with Crippen molar-refractivity contribution in [1.82, 2.24) is 5.32 Å². The van der Waals surface area contributed by atoms with E-state index in [-0.39, 0.29) is 17.4 Å². The van der Waals surface area contributed by atoms with E-state index >= 15 is 0 Å². The lowest BCUT2D eigenvalue weighted by molar-refractivity contribution is -0.384. The number of rotatable bonds is 8. The second-order valence-corrected chi connectivity index (χ2v) is 9.72. The van der Waals surface area contributed by atoms with Crippen molar-refractivity contribution in [2.75, 3.05) is 17.1 Å². The van der Waals surface area contributed by atoms with Gasteiger partial charge in [0.25, 0.3) is 5.69 Å². The second kappa shape index (κ2) is 9.47. The minimum Gasteiger partial charge on any atom is -0.348 e. The van der Waals surface area contributed by atoms with Crippen molar-refractivity contribution < 1.29 is 18.1 Å². The molecule has 31 heavy (non-hydrogen) atoms. The van der Waals surface area contributed by atoms with Gasteiger partial charge in [-0.15, -0.1) is 0 Å². The molecule has 1 aliphatic carbocycles. The molecular formula is C22H27N3O5S. The Morgan fingerprint density at radius 2 is 1.87 bits per heavy atom. The summed E-state index contributed by atoms with van der Waals surface area (Å²) in [5, 5.41) is 14.0. The molecule has 1 aliphatic rings. The maximum absolute atomic E-state index is 12.8. The predicted octanol–water partition coefficient (Wildman–Crippen LogP) is 3.51. The van der Waals surface area contributed by atoms with Gasteiger partial charge in [-0.05, 0) is 54.9 Å². The molecule has 0 bridgehead atoms. The van der Waals surface area contributed by atoms with Gasteiger partial charge >= 0.3 is 0 Å². The summed E-state index contributed by atoms with van der Waals surface area (Å²) < 4.78 is 25.5. The molecule has 3 rings (SSSR count). The van der Waals surface area contributed by atoms with E-state index in [2.05, 4.69) is 17.4 Å². The first kappa shape index (κ1) is 22.7. The predicted molar refractivity (Wildman–Crippen MR) is 120 cm³/mol. The minimum atomic E-state index is -3.82. The summed E-state index contributed by atoms with van der Waals surface area (Å²) in [5.41, 5.74) is 3.49. The molecule has 0 aromatic heterocycles. The van der Waals surface area contributed by atoms with Crippen LogP contribution >= 0.6 is 0 Å². The van der Waals surface area contributed by atoms with Crippen LogP contribution in [-0.2, 0) is 27.7 Å². The van der Waals surface area contributed by atoms with Gasteiger partial charge in [-0.25, -0.2) is 8.42 Å². The quantitative estimate of drug-likeness (QED) is 0.494. The van der Waals surface area contributed by atoms with Gasteiger partial charge in [0, 0.05) is 12.1 Å². The van der Waals surface area contributed by atoms with Gasteiger partial charge in [0.05, 0.1) is 22.9 Å². The number of sulfonamides is 1. The van der Waals surface area contributed by atoms with Crippen LogP contribution in [0.15, 0.2) is 42.5 Å². The summed E-state index contributed by atoms with van der Waals surface area (Å²) in [6.07, 6.45) is 6.08. The summed E-state index contributed by atoms with van der Waals surface area (Å²) >= 11 is 0. The van der Waals surface area contributed by atoms with Crippen LogP contribution in [0.4, 0.5) is 11.4 Å². The normalized spacial score (nSPS) is 14.4. The lowest BCUT2D eigenvalue weighted by Crippen LogP contribution is -2.41. The largest absolute Gasteiger partial charge is 0.348 e. The molecule has 166 valence electrons. The number of nitrogens with one attached hydrogen (secondary N) is 1. The van der Waals surface area contributed by atoms with Gasteiger partial charge in [0.2, 0.25) is 15.9 Å². The molecule has 0 unspecified atom stereocenters. The van der Waals surface area contributed by atoms with Gasteiger partial charge in [0.1, 0.15) is 6.54 Å². The molecule has 0 spiro atoms. The molecule has 1 N–H and O–H groups in total. The Hall–Kier alpha value is -2.94. The van der Waals surface area contributed by atoms with E-state index in [0.717, 1.165) is 41.5 Å². The third-order valence-corrected chi connectivity index (χ3v) is 6.68. The van der Waals surface area contributed by atoms with Crippen LogP contribution in [0.1, 0.15) is 48.9 Å². The Kier molecular flexibility index (Phi) is 6.94. The van der Waals surface area contributed by atoms with Crippen LogP contribution in [0.3, 0.4) is 0 Å². The maximum atomic E-state index is 12.8. The number of hydrogen-bond acceptors (Lipinski definition) is 5. The molecule has 8 nitrogen and oxygen atoms in total. The smallest absolute Gasteiger partial charge is 0.271 e. The Balaban J connectivity index is 1.79. The Morgan fingerprint density at radius 3 is 2.52 bits per heavy atom. The van der Waals surface area contributed by atoms with Crippen LogP contribution < -0.4 is 9.62 Å². The topological polar surface area (TPSA) is 110 Å². The molecule has 1 amide bonds. The highest BCUT2D eigenvalue weighted by atomic mass is 32.2. The average molecular weight is 446 g/mol. The van der Waals surface area contributed by atoms with Gasteiger partial charge in [-0.2, -0.15) is 0 Å². The Morgan fingerprint density at radius 1 is 1.16 bits per heavy atom. The fourth-order valence-electron chi connectivity index (χ4n) is 3.92. The van der Waals surface area contributed by atoms with E-state index in [4.69, 9.17) is 0 Å². The molecule has 0 fully saturated rings. The van der Waals surface area contributed by atoms with Gasteiger partial charge < -0.3 is 5.32 Å². The number of anilines is 1. The number of nitro benzene ring substituents is 1. The maximum Gasteiger partial charge on any atom is 0.271 e. The van der Waals surface area contributed by atoms with Crippen LogP contribution in [0.25, 0.3) is 0 Å². The van der Waals surface area contributed by atoms with Gasteiger partial charge in [-0.3, -0.25) is 19.2 Å². The lowest BCUT2D eigenvalue weighted by Gasteiger charge is -2.25. The van der Waals surface area contributed by atoms with Crippen molar-refractivity contribution >= 4 is 27.3 Å². The molecule has 0 saturated carbocycles. The Bertz CT molecular complexity index is 1080. The lowest BCUT2D eigenvalue weighted by atomic mass is 9.89. The molecule has 0 aliphatic heterocycles. The summed E-state index contributed by atoms with van der Waals surface area (Å²) in [7, 11) is -3.82. The van der Waals surface area contributed by atoms with E-state index in [0.29, 0.717) is 6.42 Å². The molecule has 0 radical (unpaired) electrons. The van der Waals surface area contributed by atoms with E-state index in [1.807, 2.05) is 13.0 Å². The number of nitro groups is 1. The number of carbonyl (C=O) groups excluding carboxylic acids is 1. The fourth-order valence-corrected chi connectivity index (χ4v) is 4.77. The van der Waals surface area contributed by atoms with Crippen molar-refractivity contribution in [1.29, 1.82) is 0 Å². The molecule has 9 heteroatoms. The number of hydrogen-bond donors (Lipinski definition) is 1. The highest BCUT2D eigenvalue weighted by Crippen LogP contribution is 2.27. The highest BCUT2D eigenvalue weighted by Gasteiger charge is 2.24. The van der Waals surface area contributed by atoms with E-state index in [1.165, 1.54) is 35.7 Å². The van der Waals surface area contributed by atoms with Crippen molar-refractivity contribution in [3.63, 3.8) is 0 Å². The number of fused-ring (bicyclic) bond motifs is 1. The number of carbonyl (C=O) groups is 1. The first-order valence-corrected chi connectivity index (χ1v) is 12.2. The molecular weight excluding hydrogens is 418 g/mol. The number of nitrogens with zero attached hydrogens (tertiary/aromatic N) is 2. The van der Waals surface area contributed by atoms with E-state index in [9.17, 15) is 23.3 Å². The molecule has 2 aromatic carbocycles. The van der Waals surface area contributed by atoms with Gasteiger partial charge in [-0.1, -0.05) is 31.2 Å². The minimum absolute atomic E-state index is 0.0775. The monoisotopic (exact) mass is 445 g/mol. The zero-order valence-electron chi connectivity index (χ0n) is 17.7.